The number of thiocarbonyl (C=S) groups is 1. The fraction of sp³-hybridized carbons (Fsp3) is 0.0588. The Labute approximate surface area is 147 Å². The summed E-state index contributed by atoms with van der Waals surface area (Å²) in [5, 5.41) is 9.62. The molecule has 1 saturated heterocycles. The molecule has 0 aromatic heterocycles. The van der Waals surface area contributed by atoms with Gasteiger partial charge in [-0.1, -0.05) is 42.2 Å². The Kier molecular flexibility index (Phi) is 4.55. The lowest BCUT2D eigenvalue weighted by atomic mass is 10.2. The second-order valence-corrected chi connectivity index (χ2v) is 6.58. The molecule has 1 fully saturated rings. The van der Waals surface area contributed by atoms with Crippen molar-refractivity contribution in [2.75, 3.05) is 12.0 Å². The highest BCUT2D eigenvalue weighted by molar-refractivity contribution is 8.27. The first-order valence-electron chi connectivity index (χ1n) is 6.91. The molecular formula is C17H12FNO3S2. The van der Waals surface area contributed by atoms with Gasteiger partial charge in [0.05, 0.1) is 17.7 Å². The summed E-state index contributed by atoms with van der Waals surface area (Å²) in [7, 11) is 1.44. The van der Waals surface area contributed by atoms with E-state index in [2.05, 4.69) is 0 Å². The Bertz CT molecular complexity index is 867. The van der Waals surface area contributed by atoms with Crippen LogP contribution in [0.5, 0.6) is 11.5 Å². The van der Waals surface area contributed by atoms with E-state index in [9.17, 15) is 14.3 Å². The SMILES string of the molecule is COc1cc(C=C2SC(=S)N(c3ccccc3F)C2=O)ccc1O. The minimum Gasteiger partial charge on any atom is -0.504 e. The van der Waals surface area contributed by atoms with E-state index < -0.39 is 5.82 Å². The smallest absolute Gasteiger partial charge is 0.270 e. The van der Waals surface area contributed by atoms with Crippen LogP contribution in [-0.2, 0) is 4.79 Å². The number of aromatic hydroxyl groups is 1. The van der Waals surface area contributed by atoms with Gasteiger partial charge in [0.1, 0.15) is 5.82 Å². The van der Waals surface area contributed by atoms with Gasteiger partial charge < -0.3 is 9.84 Å². The van der Waals surface area contributed by atoms with E-state index >= 15 is 0 Å². The quantitative estimate of drug-likeness (QED) is 0.663. The number of phenolic OH excluding ortho intramolecular Hbond substituents is 1. The van der Waals surface area contributed by atoms with Crippen LogP contribution < -0.4 is 9.64 Å². The van der Waals surface area contributed by atoms with Crippen molar-refractivity contribution in [3.8, 4) is 11.5 Å². The second kappa shape index (κ2) is 6.62. The normalized spacial score (nSPS) is 16.1. The summed E-state index contributed by atoms with van der Waals surface area (Å²) in [6.07, 6.45) is 1.63. The Hall–Kier alpha value is -2.38. The minimum atomic E-state index is -0.513. The predicted octanol–water partition coefficient (Wildman–Crippen LogP) is 3.95. The van der Waals surface area contributed by atoms with Gasteiger partial charge in [-0.3, -0.25) is 9.69 Å². The summed E-state index contributed by atoms with van der Waals surface area (Å²) in [4.78, 5) is 14.1. The molecule has 0 radical (unpaired) electrons. The van der Waals surface area contributed by atoms with Crippen LogP contribution in [-0.4, -0.2) is 22.4 Å². The highest BCUT2D eigenvalue weighted by Gasteiger charge is 2.34. The largest absolute Gasteiger partial charge is 0.504 e. The zero-order valence-corrected chi connectivity index (χ0v) is 14.2. The summed E-state index contributed by atoms with van der Waals surface area (Å²) in [6.45, 7) is 0. The van der Waals surface area contributed by atoms with E-state index in [4.69, 9.17) is 17.0 Å². The van der Waals surface area contributed by atoms with Crippen LogP contribution in [0.3, 0.4) is 0 Å². The highest BCUT2D eigenvalue weighted by Crippen LogP contribution is 2.37. The molecule has 4 nitrogen and oxygen atoms in total. The second-order valence-electron chi connectivity index (χ2n) is 4.90. The summed E-state index contributed by atoms with van der Waals surface area (Å²) in [5.41, 5.74) is 0.797. The van der Waals surface area contributed by atoms with Crippen molar-refractivity contribution in [1.29, 1.82) is 0 Å². The monoisotopic (exact) mass is 361 g/mol. The molecule has 1 amide bonds. The Balaban J connectivity index is 1.96. The maximum atomic E-state index is 14.0. The van der Waals surface area contributed by atoms with E-state index in [0.29, 0.717) is 16.2 Å². The van der Waals surface area contributed by atoms with Crippen LogP contribution >= 0.6 is 24.0 Å². The fourth-order valence-corrected chi connectivity index (χ4v) is 3.53. The molecule has 7 heteroatoms. The number of carbonyl (C=O) groups is 1. The number of ether oxygens (including phenoxy) is 1. The number of hydrogen-bond donors (Lipinski definition) is 1. The van der Waals surface area contributed by atoms with E-state index in [-0.39, 0.29) is 21.7 Å². The van der Waals surface area contributed by atoms with E-state index in [1.165, 1.54) is 30.2 Å². The number of hydrogen-bond acceptors (Lipinski definition) is 5. The number of rotatable bonds is 3. The lowest BCUT2D eigenvalue weighted by Crippen LogP contribution is -2.28. The van der Waals surface area contributed by atoms with E-state index in [1.807, 2.05) is 0 Å². The summed E-state index contributed by atoms with van der Waals surface area (Å²) in [6, 6.07) is 10.7. The molecule has 0 spiro atoms. The molecule has 0 aliphatic carbocycles. The van der Waals surface area contributed by atoms with E-state index in [1.54, 1.807) is 30.3 Å². The number of carbonyl (C=O) groups excluding carboxylic acids is 1. The van der Waals surface area contributed by atoms with Gasteiger partial charge in [0, 0.05) is 0 Å². The minimum absolute atomic E-state index is 0.00792. The van der Waals surface area contributed by atoms with Gasteiger partial charge in [0.15, 0.2) is 15.8 Å². The van der Waals surface area contributed by atoms with Crippen molar-refractivity contribution in [3.63, 3.8) is 0 Å². The number of benzene rings is 2. The lowest BCUT2D eigenvalue weighted by Gasteiger charge is -2.14. The number of para-hydroxylation sites is 1. The molecule has 2 aromatic rings. The van der Waals surface area contributed by atoms with Gasteiger partial charge in [-0.15, -0.1) is 0 Å². The number of thioether (sulfide) groups is 1. The molecule has 1 N–H and O–H groups in total. The van der Waals surface area contributed by atoms with Gasteiger partial charge in [0.2, 0.25) is 0 Å². The zero-order valence-electron chi connectivity index (χ0n) is 12.5. The van der Waals surface area contributed by atoms with Gasteiger partial charge in [-0.25, -0.2) is 4.39 Å². The summed E-state index contributed by atoms with van der Waals surface area (Å²) < 4.78 is 19.3. The standard InChI is InChI=1S/C17H12FNO3S2/c1-22-14-8-10(6-7-13(14)20)9-15-16(21)19(17(23)24-15)12-5-3-2-4-11(12)18/h2-9,20H,1H3. The Morgan fingerprint density at radius 3 is 2.75 bits per heavy atom. The highest BCUT2D eigenvalue weighted by atomic mass is 32.2. The summed E-state index contributed by atoms with van der Waals surface area (Å²) in [5.74, 6) is -0.592. The zero-order chi connectivity index (χ0) is 17.3. The maximum Gasteiger partial charge on any atom is 0.270 e. The molecule has 0 unspecified atom stereocenters. The molecule has 2 aromatic carbocycles. The molecule has 122 valence electrons. The molecule has 3 rings (SSSR count). The topological polar surface area (TPSA) is 49.8 Å². The number of phenols is 1. The van der Waals surface area contributed by atoms with Gasteiger partial charge in [-0.2, -0.15) is 0 Å². The molecule has 0 saturated carbocycles. The molecule has 1 aliphatic rings. The predicted molar refractivity (Wildman–Crippen MR) is 96.7 cm³/mol. The third-order valence-electron chi connectivity index (χ3n) is 3.39. The van der Waals surface area contributed by atoms with Gasteiger partial charge >= 0.3 is 0 Å². The van der Waals surface area contributed by atoms with Crippen molar-refractivity contribution in [2.45, 2.75) is 0 Å². The van der Waals surface area contributed by atoms with Crippen molar-refractivity contribution in [2.24, 2.45) is 0 Å². The van der Waals surface area contributed by atoms with Crippen molar-refractivity contribution >= 4 is 46.0 Å². The first-order valence-corrected chi connectivity index (χ1v) is 8.13. The molecule has 0 bridgehead atoms. The van der Waals surface area contributed by atoms with Crippen LogP contribution in [0, 0.1) is 5.82 Å². The molecule has 1 aliphatic heterocycles. The van der Waals surface area contributed by atoms with Crippen LogP contribution in [0.25, 0.3) is 6.08 Å². The van der Waals surface area contributed by atoms with Crippen LogP contribution in [0.2, 0.25) is 0 Å². The maximum absolute atomic E-state index is 14.0. The fourth-order valence-electron chi connectivity index (χ4n) is 2.24. The number of methoxy groups -OCH3 is 1. The molecule has 24 heavy (non-hydrogen) atoms. The average Bonchev–Trinajstić information content (AvgIpc) is 2.84. The lowest BCUT2D eigenvalue weighted by molar-refractivity contribution is -0.113. The summed E-state index contributed by atoms with van der Waals surface area (Å²) >= 11 is 6.31. The number of halogens is 1. The van der Waals surface area contributed by atoms with Crippen LogP contribution in [0.15, 0.2) is 47.4 Å². The molecule has 1 heterocycles. The Morgan fingerprint density at radius 1 is 1.29 bits per heavy atom. The Morgan fingerprint density at radius 2 is 2.04 bits per heavy atom. The van der Waals surface area contributed by atoms with Gasteiger partial charge in [0.25, 0.3) is 5.91 Å². The number of amides is 1. The van der Waals surface area contributed by atoms with Crippen molar-refractivity contribution in [1.82, 2.24) is 0 Å². The van der Waals surface area contributed by atoms with Crippen LogP contribution in [0.1, 0.15) is 5.56 Å². The third-order valence-corrected chi connectivity index (χ3v) is 4.69. The first-order chi connectivity index (χ1) is 11.5. The van der Waals surface area contributed by atoms with Gasteiger partial charge in [-0.05, 0) is 35.9 Å². The molecular weight excluding hydrogens is 349 g/mol. The number of nitrogens with zero attached hydrogens (tertiary/aromatic N) is 1. The van der Waals surface area contributed by atoms with Crippen molar-refractivity contribution < 1.29 is 19.0 Å². The van der Waals surface area contributed by atoms with Crippen molar-refractivity contribution in [3.05, 3.63) is 58.8 Å². The van der Waals surface area contributed by atoms with Crippen LogP contribution in [0.4, 0.5) is 10.1 Å². The average molecular weight is 361 g/mol. The van der Waals surface area contributed by atoms with E-state index in [0.717, 1.165) is 11.8 Å². The number of anilines is 1. The third kappa shape index (κ3) is 3.00. The molecule has 0 atom stereocenters. The first kappa shape index (κ1) is 16.5.